The van der Waals surface area contributed by atoms with Crippen molar-refractivity contribution >= 4 is 17.5 Å². The lowest BCUT2D eigenvalue weighted by molar-refractivity contribution is -0.119. The van der Waals surface area contributed by atoms with E-state index in [-0.39, 0.29) is 17.3 Å². The molecule has 0 heterocycles. The molecule has 4 nitrogen and oxygen atoms in total. The summed E-state index contributed by atoms with van der Waals surface area (Å²) in [5, 5.41) is 12.8. The first-order valence-electron chi connectivity index (χ1n) is 6.58. The van der Waals surface area contributed by atoms with Gasteiger partial charge in [0, 0.05) is 13.5 Å². The van der Waals surface area contributed by atoms with Gasteiger partial charge in [-0.3, -0.25) is 4.79 Å². The molecule has 0 bridgehead atoms. The van der Waals surface area contributed by atoms with Crippen LogP contribution in [0.15, 0.2) is 12.1 Å². The molecule has 112 valence electrons. The number of amides is 1. The second kappa shape index (κ2) is 6.95. The van der Waals surface area contributed by atoms with Gasteiger partial charge in [0.25, 0.3) is 0 Å². The summed E-state index contributed by atoms with van der Waals surface area (Å²) in [6.45, 7) is 8.30. The number of carbonyl (C=O) groups excluding carboxylic acids is 1. The molecule has 0 aromatic heterocycles. The first-order valence-corrected chi connectivity index (χ1v) is 6.96. The number of phenolic OH excluding ortho intramolecular Hbond substituents is 1. The summed E-state index contributed by atoms with van der Waals surface area (Å²) in [7, 11) is 0. The Morgan fingerprint density at radius 1 is 1.40 bits per heavy atom. The fraction of sp³-hybridized carbons (Fsp3) is 0.533. The molecule has 0 aliphatic carbocycles. The van der Waals surface area contributed by atoms with Crippen LogP contribution in [0.5, 0.6) is 5.75 Å². The van der Waals surface area contributed by atoms with Crippen LogP contribution in [-0.4, -0.2) is 23.2 Å². The number of phenols is 1. The third kappa shape index (κ3) is 5.39. The van der Waals surface area contributed by atoms with Crippen molar-refractivity contribution in [2.24, 2.45) is 0 Å². The molecule has 1 rings (SSSR count). The van der Waals surface area contributed by atoms with E-state index in [2.05, 4.69) is 5.32 Å². The van der Waals surface area contributed by atoms with Crippen molar-refractivity contribution in [2.45, 2.75) is 46.3 Å². The second-order valence-electron chi connectivity index (χ2n) is 5.66. The molecule has 0 fully saturated rings. The zero-order chi connectivity index (χ0) is 15.3. The lowest BCUT2D eigenvalue weighted by Crippen LogP contribution is -2.22. The largest absolute Gasteiger partial charge is 0.506 e. The minimum absolute atomic E-state index is 0.0454. The van der Waals surface area contributed by atoms with Crippen LogP contribution in [0.3, 0.4) is 0 Å². The van der Waals surface area contributed by atoms with Gasteiger partial charge in [-0.15, -0.1) is 0 Å². The highest BCUT2D eigenvalue weighted by molar-refractivity contribution is 6.32. The van der Waals surface area contributed by atoms with Crippen LogP contribution in [0.25, 0.3) is 0 Å². The quantitative estimate of drug-likeness (QED) is 0.878. The van der Waals surface area contributed by atoms with Crippen molar-refractivity contribution in [3.63, 3.8) is 0 Å². The van der Waals surface area contributed by atoms with E-state index in [4.69, 9.17) is 16.3 Å². The predicted octanol–water partition coefficient (Wildman–Crippen LogP) is 3.04. The number of ether oxygens (including phenoxy) is 1. The monoisotopic (exact) mass is 299 g/mol. The van der Waals surface area contributed by atoms with Crippen LogP contribution >= 0.6 is 11.6 Å². The Bertz CT molecular complexity index is 481. The van der Waals surface area contributed by atoms with Gasteiger partial charge in [-0.25, -0.2) is 0 Å². The summed E-state index contributed by atoms with van der Waals surface area (Å²) in [6.07, 6.45) is 0.583. The molecular formula is C15H22ClNO3. The molecule has 0 saturated heterocycles. The number of nitrogens with one attached hydrogen (secondary N) is 1. The lowest BCUT2D eigenvalue weighted by Gasteiger charge is -2.20. The maximum atomic E-state index is 11.0. The molecule has 0 aliphatic heterocycles. The van der Waals surface area contributed by atoms with Crippen LogP contribution in [0.1, 0.15) is 38.8 Å². The Kier molecular flexibility index (Phi) is 5.84. The van der Waals surface area contributed by atoms with Crippen LogP contribution in [0.2, 0.25) is 5.02 Å². The fourth-order valence-electron chi connectivity index (χ4n) is 1.76. The number of carbonyl (C=O) groups is 1. The van der Waals surface area contributed by atoms with E-state index in [1.807, 2.05) is 20.8 Å². The number of halogens is 1. The summed E-state index contributed by atoms with van der Waals surface area (Å²) in [5.41, 5.74) is 1.48. The summed E-state index contributed by atoms with van der Waals surface area (Å²) in [5.74, 6) is -0.0601. The van der Waals surface area contributed by atoms with Crippen molar-refractivity contribution in [3.05, 3.63) is 28.3 Å². The Balaban J connectivity index is 2.84. The maximum Gasteiger partial charge on any atom is 0.217 e. The Labute approximate surface area is 125 Å². The van der Waals surface area contributed by atoms with Gasteiger partial charge in [-0.05, 0) is 44.4 Å². The van der Waals surface area contributed by atoms with Crippen molar-refractivity contribution in [1.29, 1.82) is 0 Å². The number of rotatable bonds is 5. The lowest BCUT2D eigenvalue weighted by atomic mass is 10.0. The van der Waals surface area contributed by atoms with Crippen LogP contribution in [-0.2, 0) is 22.5 Å². The Morgan fingerprint density at radius 2 is 2.05 bits per heavy atom. The Hall–Kier alpha value is -1.26. The average Bonchev–Trinajstić information content (AvgIpc) is 2.31. The van der Waals surface area contributed by atoms with Crippen molar-refractivity contribution in [3.8, 4) is 5.75 Å². The molecule has 0 unspecified atom stereocenters. The van der Waals surface area contributed by atoms with Gasteiger partial charge in [0.2, 0.25) is 5.91 Å². The molecule has 20 heavy (non-hydrogen) atoms. The number of hydrogen-bond acceptors (Lipinski definition) is 3. The molecule has 2 N–H and O–H groups in total. The highest BCUT2D eigenvalue weighted by Crippen LogP contribution is 2.30. The standard InChI is InChI=1S/C15H22ClNO3/c1-10(18)17-9-11-5-6-13(19)14(16)12(11)7-8-20-15(2,3)4/h5-6,19H,7-9H2,1-4H3,(H,17,18). The zero-order valence-electron chi connectivity index (χ0n) is 12.4. The van der Waals surface area contributed by atoms with E-state index >= 15 is 0 Å². The minimum atomic E-state index is -0.221. The van der Waals surface area contributed by atoms with Crippen molar-refractivity contribution in [1.82, 2.24) is 5.32 Å². The normalized spacial score (nSPS) is 11.4. The molecule has 5 heteroatoms. The molecule has 1 aromatic carbocycles. The maximum absolute atomic E-state index is 11.0. The summed E-state index contributed by atoms with van der Waals surface area (Å²) in [6, 6.07) is 3.30. The third-order valence-corrected chi connectivity index (χ3v) is 3.16. The summed E-state index contributed by atoms with van der Waals surface area (Å²) in [4.78, 5) is 11.0. The SMILES string of the molecule is CC(=O)NCc1ccc(O)c(Cl)c1CCOC(C)(C)C. The Morgan fingerprint density at radius 3 is 2.60 bits per heavy atom. The third-order valence-electron chi connectivity index (χ3n) is 2.73. The molecule has 0 radical (unpaired) electrons. The van der Waals surface area contributed by atoms with Crippen LogP contribution in [0.4, 0.5) is 0 Å². The number of hydrogen-bond donors (Lipinski definition) is 2. The number of aromatic hydroxyl groups is 1. The first-order chi connectivity index (χ1) is 9.20. The molecular weight excluding hydrogens is 278 g/mol. The molecule has 0 saturated carbocycles. The summed E-state index contributed by atoms with van der Waals surface area (Å²) >= 11 is 6.15. The second-order valence-corrected chi connectivity index (χ2v) is 6.03. The van der Waals surface area contributed by atoms with E-state index in [0.29, 0.717) is 24.6 Å². The van der Waals surface area contributed by atoms with E-state index in [9.17, 15) is 9.90 Å². The van der Waals surface area contributed by atoms with Gasteiger partial charge in [0.05, 0.1) is 17.2 Å². The van der Waals surface area contributed by atoms with Gasteiger partial charge in [0.15, 0.2) is 0 Å². The molecule has 1 aromatic rings. The van der Waals surface area contributed by atoms with Gasteiger partial charge in [-0.1, -0.05) is 17.7 Å². The highest BCUT2D eigenvalue weighted by Gasteiger charge is 2.14. The summed E-state index contributed by atoms with van der Waals surface area (Å²) < 4.78 is 5.68. The van der Waals surface area contributed by atoms with Gasteiger partial charge in [0.1, 0.15) is 5.75 Å². The van der Waals surface area contributed by atoms with Crippen molar-refractivity contribution in [2.75, 3.05) is 6.61 Å². The van der Waals surface area contributed by atoms with Gasteiger partial charge in [-0.2, -0.15) is 0 Å². The highest BCUT2D eigenvalue weighted by atomic mass is 35.5. The predicted molar refractivity (Wildman–Crippen MR) is 80.0 cm³/mol. The number of benzene rings is 1. The molecule has 0 spiro atoms. The fourth-order valence-corrected chi connectivity index (χ4v) is 2.04. The van der Waals surface area contributed by atoms with E-state index in [1.165, 1.54) is 13.0 Å². The van der Waals surface area contributed by atoms with E-state index in [1.54, 1.807) is 6.07 Å². The molecule has 1 amide bonds. The molecule has 0 atom stereocenters. The van der Waals surface area contributed by atoms with Gasteiger partial charge >= 0.3 is 0 Å². The average molecular weight is 300 g/mol. The zero-order valence-corrected chi connectivity index (χ0v) is 13.2. The topological polar surface area (TPSA) is 58.6 Å². The van der Waals surface area contributed by atoms with Gasteiger partial charge < -0.3 is 15.2 Å². The van der Waals surface area contributed by atoms with Crippen LogP contribution in [0, 0.1) is 0 Å². The minimum Gasteiger partial charge on any atom is -0.506 e. The van der Waals surface area contributed by atoms with Crippen LogP contribution < -0.4 is 5.32 Å². The van der Waals surface area contributed by atoms with Crippen molar-refractivity contribution < 1.29 is 14.6 Å². The smallest absolute Gasteiger partial charge is 0.217 e. The first kappa shape index (κ1) is 16.8. The molecule has 0 aliphatic rings. The van der Waals surface area contributed by atoms with E-state index < -0.39 is 0 Å². The van der Waals surface area contributed by atoms with E-state index in [0.717, 1.165) is 11.1 Å².